The molecule has 3 aromatic carbocycles. The van der Waals surface area contributed by atoms with Crippen LogP contribution >= 0.6 is 0 Å². The first kappa shape index (κ1) is 22.1. The lowest BCUT2D eigenvalue weighted by atomic mass is 9.85. The molecule has 0 aliphatic heterocycles. The van der Waals surface area contributed by atoms with Gasteiger partial charge in [-0.05, 0) is 67.1 Å². The maximum absolute atomic E-state index is 11.4. The van der Waals surface area contributed by atoms with Crippen molar-refractivity contribution in [3.8, 4) is 11.4 Å². The van der Waals surface area contributed by atoms with Crippen LogP contribution in [0.4, 0.5) is 5.69 Å². The molecule has 1 heterocycles. The van der Waals surface area contributed by atoms with Crippen LogP contribution in [0.5, 0.6) is 0 Å². The lowest BCUT2D eigenvalue weighted by Gasteiger charge is -2.28. The van der Waals surface area contributed by atoms with Crippen molar-refractivity contribution in [3.05, 3.63) is 77.7 Å². The first-order chi connectivity index (χ1) is 16.5. The topological polar surface area (TPSA) is 88.2 Å². The zero-order valence-corrected chi connectivity index (χ0v) is 19.5. The summed E-state index contributed by atoms with van der Waals surface area (Å²) in [6, 6.07) is 20.9. The zero-order valence-electron chi connectivity index (χ0n) is 19.5. The maximum Gasteiger partial charge on any atom is 0.306 e. The van der Waals surface area contributed by atoms with Crippen LogP contribution in [-0.4, -0.2) is 27.3 Å². The summed E-state index contributed by atoms with van der Waals surface area (Å²) in [5, 5.41) is 19.6. The Labute approximate surface area is 199 Å². The van der Waals surface area contributed by atoms with Crippen molar-refractivity contribution in [3.63, 3.8) is 0 Å². The highest BCUT2D eigenvalue weighted by molar-refractivity contribution is 5.86. The van der Waals surface area contributed by atoms with Crippen molar-refractivity contribution < 1.29 is 14.4 Å². The summed E-state index contributed by atoms with van der Waals surface area (Å²) in [4.78, 5) is 16.2. The van der Waals surface area contributed by atoms with E-state index in [0.717, 1.165) is 41.6 Å². The highest BCUT2D eigenvalue weighted by Gasteiger charge is 2.27. The maximum atomic E-state index is 11.4. The van der Waals surface area contributed by atoms with Gasteiger partial charge in [0, 0.05) is 17.3 Å². The number of hydrogen-bond donors (Lipinski definition) is 2. The van der Waals surface area contributed by atoms with Gasteiger partial charge in [-0.1, -0.05) is 60.1 Å². The molecule has 0 spiro atoms. The van der Waals surface area contributed by atoms with E-state index in [2.05, 4.69) is 47.7 Å². The van der Waals surface area contributed by atoms with Gasteiger partial charge in [0.25, 0.3) is 0 Å². The quantitative estimate of drug-likeness (QED) is 0.349. The van der Waals surface area contributed by atoms with Gasteiger partial charge in [0.05, 0.1) is 11.8 Å². The largest absolute Gasteiger partial charge is 0.481 e. The minimum Gasteiger partial charge on any atom is -0.481 e. The Hall–Kier alpha value is -3.67. The summed E-state index contributed by atoms with van der Waals surface area (Å²) >= 11 is 0. The number of carbonyl (C=O) groups is 1. The van der Waals surface area contributed by atoms with E-state index in [1.807, 2.05) is 37.3 Å². The van der Waals surface area contributed by atoms with Crippen molar-refractivity contribution in [2.75, 3.05) is 5.32 Å². The van der Waals surface area contributed by atoms with E-state index in [-0.39, 0.29) is 17.9 Å². The molecule has 0 radical (unpaired) electrons. The van der Waals surface area contributed by atoms with Crippen LogP contribution in [0.15, 0.2) is 65.2 Å². The van der Waals surface area contributed by atoms with E-state index in [1.165, 1.54) is 10.8 Å². The molecule has 0 amide bonds. The fourth-order valence-electron chi connectivity index (χ4n) is 5.02. The van der Waals surface area contributed by atoms with Gasteiger partial charge in [-0.3, -0.25) is 4.79 Å². The van der Waals surface area contributed by atoms with Gasteiger partial charge in [0.15, 0.2) is 0 Å². The molecule has 1 aliphatic carbocycles. The SMILES string of the molecule is Cc1ccc(NC2CCCC(C(=O)O)C2)cc1-c1noc(C(C)c2cccc3ccccc23)n1. The van der Waals surface area contributed by atoms with Crippen LogP contribution in [0, 0.1) is 12.8 Å². The number of rotatable bonds is 6. The third kappa shape index (κ3) is 4.40. The normalized spacial score (nSPS) is 19.1. The van der Waals surface area contributed by atoms with Gasteiger partial charge in [0.1, 0.15) is 0 Å². The van der Waals surface area contributed by atoms with Crippen molar-refractivity contribution in [1.82, 2.24) is 10.1 Å². The molecule has 5 rings (SSSR count). The van der Waals surface area contributed by atoms with Gasteiger partial charge in [-0.2, -0.15) is 4.98 Å². The first-order valence-corrected chi connectivity index (χ1v) is 11.9. The number of carboxylic acid groups (broad SMARTS) is 1. The molecule has 34 heavy (non-hydrogen) atoms. The van der Waals surface area contributed by atoms with Crippen molar-refractivity contribution in [2.45, 2.75) is 51.5 Å². The van der Waals surface area contributed by atoms with E-state index >= 15 is 0 Å². The van der Waals surface area contributed by atoms with Crippen molar-refractivity contribution >= 4 is 22.4 Å². The molecule has 2 N–H and O–H groups in total. The highest BCUT2D eigenvalue weighted by atomic mass is 16.5. The second-order valence-electron chi connectivity index (χ2n) is 9.32. The number of hydrogen-bond acceptors (Lipinski definition) is 5. The average molecular weight is 456 g/mol. The molecule has 3 unspecified atom stereocenters. The minimum absolute atomic E-state index is 0.0378. The molecule has 0 bridgehead atoms. The third-order valence-corrected chi connectivity index (χ3v) is 6.97. The van der Waals surface area contributed by atoms with Crippen LogP contribution in [-0.2, 0) is 4.79 Å². The Morgan fingerprint density at radius 1 is 1.12 bits per heavy atom. The summed E-state index contributed by atoms with van der Waals surface area (Å²) < 4.78 is 5.72. The predicted molar refractivity (Wildman–Crippen MR) is 133 cm³/mol. The molecular weight excluding hydrogens is 426 g/mol. The lowest BCUT2D eigenvalue weighted by molar-refractivity contribution is -0.142. The molecule has 1 fully saturated rings. The third-order valence-electron chi connectivity index (χ3n) is 6.97. The molecule has 0 saturated heterocycles. The highest BCUT2D eigenvalue weighted by Crippen LogP contribution is 2.33. The predicted octanol–water partition coefficient (Wildman–Crippen LogP) is 6.41. The Bertz CT molecular complexity index is 1320. The second kappa shape index (κ2) is 9.29. The molecular formula is C28H29N3O3. The molecule has 1 aromatic heterocycles. The van der Waals surface area contributed by atoms with E-state index in [0.29, 0.717) is 18.1 Å². The Kier molecular flexibility index (Phi) is 6.05. The fraction of sp³-hybridized carbons (Fsp3) is 0.321. The van der Waals surface area contributed by atoms with Crippen LogP contribution in [0.25, 0.3) is 22.2 Å². The molecule has 6 heteroatoms. The van der Waals surface area contributed by atoms with Gasteiger partial charge in [0.2, 0.25) is 11.7 Å². The monoisotopic (exact) mass is 455 g/mol. The summed E-state index contributed by atoms with van der Waals surface area (Å²) in [5.41, 5.74) is 4.08. The van der Waals surface area contributed by atoms with Gasteiger partial charge in [-0.25, -0.2) is 0 Å². The van der Waals surface area contributed by atoms with Gasteiger partial charge < -0.3 is 14.9 Å². The Morgan fingerprint density at radius 2 is 1.94 bits per heavy atom. The summed E-state index contributed by atoms with van der Waals surface area (Å²) in [5.74, 6) is 0.141. The summed E-state index contributed by atoms with van der Waals surface area (Å²) in [6.07, 6.45) is 3.30. The van der Waals surface area contributed by atoms with Crippen LogP contribution in [0.3, 0.4) is 0 Å². The number of aliphatic carboxylic acids is 1. The second-order valence-corrected chi connectivity index (χ2v) is 9.32. The van der Waals surface area contributed by atoms with Crippen molar-refractivity contribution in [1.29, 1.82) is 0 Å². The van der Waals surface area contributed by atoms with E-state index in [9.17, 15) is 9.90 Å². The average Bonchev–Trinajstić information content (AvgIpc) is 3.35. The standard InChI is InChI=1S/C28H29N3O3/c1-17-13-14-22(29-21-10-5-9-20(15-21)28(32)33)16-25(17)26-30-27(34-31-26)18(2)23-12-6-8-19-7-3-4-11-24(19)23/h3-4,6-8,11-14,16,18,20-21,29H,5,9-10,15H2,1-2H3,(H,32,33). The first-order valence-electron chi connectivity index (χ1n) is 11.9. The molecule has 1 aliphatic rings. The number of aromatic nitrogens is 2. The number of benzene rings is 3. The lowest BCUT2D eigenvalue weighted by Crippen LogP contribution is -2.30. The van der Waals surface area contributed by atoms with E-state index in [4.69, 9.17) is 9.51 Å². The van der Waals surface area contributed by atoms with Gasteiger partial charge >= 0.3 is 5.97 Å². The number of nitrogens with one attached hydrogen (secondary N) is 1. The Balaban J connectivity index is 1.39. The number of fused-ring (bicyclic) bond motifs is 1. The fourth-order valence-corrected chi connectivity index (χ4v) is 5.02. The van der Waals surface area contributed by atoms with E-state index in [1.54, 1.807) is 0 Å². The number of anilines is 1. The minimum atomic E-state index is -0.698. The molecule has 3 atom stereocenters. The van der Waals surface area contributed by atoms with Crippen molar-refractivity contribution in [2.24, 2.45) is 5.92 Å². The summed E-state index contributed by atoms with van der Waals surface area (Å²) in [7, 11) is 0. The van der Waals surface area contributed by atoms with Crippen LogP contribution < -0.4 is 5.32 Å². The number of nitrogens with zero attached hydrogens (tertiary/aromatic N) is 2. The number of carboxylic acids is 1. The zero-order chi connectivity index (χ0) is 23.7. The molecule has 1 saturated carbocycles. The Morgan fingerprint density at radius 3 is 2.79 bits per heavy atom. The number of aryl methyl sites for hydroxylation is 1. The van der Waals surface area contributed by atoms with Crippen LogP contribution in [0.2, 0.25) is 0 Å². The van der Waals surface area contributed by atoms with E-state index < -0.39 is 5.97 Å². The smallest absolute Gasteiger partial charge is 0.306 e. The van der Waals surface area contributed by atoms with Gasteiger partial charge in [-0.15, -0.1) is 0 Å². The summed E-state index contributed by atoms with van der Waals surface area (Å²) in [6.45, 7) is 4.12. The molecule has 4 aromatic rings. The molecule has 174 valence electrons. The molecule has 6 nitrogen and oxygen atoms in total. The van der Waals surface area contributed by atoms with Crippen LogP contribution in [0.1, 0.15) is 55.5 Å².